The highest BCUT2D eigenvalue weighted by Gasteiger charge is 2.33. The highest BCUT2D eigenvalue weighted by molar-refractivity contribution is 7.98. The standard InChI is InChI=1S/C9H7Cl3N2OS/c1-16-9-6(11)5(10)4-3(13)2-14(15)8(4)7(9)12/h13-14H,2H2,1H3. The van der Waals surface area contributed by atoms with Gasteiger partial charge in [-0.05, 0) is 6.26 Å². The molecule has 0 fully saturated rings. The van der Waals surface area contributed by atoms with Gasteiger partial charge >= 0.3 is 0 Å². The van der Waals surface area contributed by atoms with Crippen molar-refractivity contribution in [2.75, 3.05) is 12.8 Å². The second-order valence-electron chi connectivity index (χ2n) is 3.30. The van der Waals surface area contributed by atoms with E-state index >= 15 is 0 Å². The fraction of sp³-hybridized carbons (Fsp3) is 0.222. The summed E-state index contributed by atoms with van der Waals surface area (Å²) < 4.78 is 0. The molecule has 1 aliphatic rings. The summed E-state index contributed by atoms with van der Waals surface area (Å²) in [6.07, 6.45) is 1.81. The summed E-state index contributed by atoms with van der Waals surface area (Å²) in [5.74, 6) is 0. The SMILES string of the molecule is CSc1c(Cl)c(Cl)c2c(c1Cl)[NH+]([O-])CC2=N. The molecule has 1 aromatic rings. The van der Waals surface area contributed by atoms with E-state index in [4.69, 9.17) is 40.2 Å². The van der Waals surface area contributed by atoms with Crippen molar-refractivity contribution in [3.05, 3.63) is 25.8 Å². The molecule has 1 aromatic carbocycles. The molecule has 16 heavy (non-hydrogen) atoms. The van der Waals surface area contributed by atoms with Gasteiger partial charge in [0.1, 0.15) is 17.3 Å². The first-order valence-electron chi connectivity index (χ1n) is 4.34. The summed E-state index contributed by atoms with van der Waals surface area (Å²) in [6, 6.07) is 0. The minimum Gasteiger partial charge on any atom is -0.629 e. The maximum absolute atomic E-state index is 11.7. The third-order valence-corrected chi connectivity index (χ3v) is 4.67. The van der Waals surface area contributed by atoms with Crippen LogP contribution in [0.4, 0.5) is 5.69 Å². The van der Waals surface area contributed by atoms with E-state index in [1.165, 1.54) is 11.8 Å². The lowest BCUT2D eigenvalue weighted by Gasteiger charge is -2.18. The maximum Gasteiger partial charge on any atom is 0.162 e. The molecule has 0 aromatic heterocycles. The Kier molecular flexibility index (Phi) is 3.41. The minimum atomic E-state index is -0.168. The molecule has 0 aliphatic carbocycles. The summed E-state index contributed by atoms with van der Waals surface area (Å²) in [7, 11) is 0. The normalized spacial score (nSPS) is 19.1. The smallest absolute Gasteiger partial charge is 0.162 e. The number of fused-ring (bicyclic) bond motifs is 1. The number of hydrogen-bond acceptors (Lipinski definition) is 3. The molecule has 1 unspecified atom stereocenters. The van der Waals surface area contributed by atoms with E-state index < -0.39 is 0 Å². The van der Waals surface area contributed by atoms with Gasteiger partial charge in [-0.2, -0.15) is 0 Å². The van der Waals surface area contributed by atoms with Crippen LogP contribution in [0.5, 0.6) is 0 Å². The minimum absolute atomic E-state index is 0.0446. The first-order chi connectivity index (χ1) is 7.49. The van der Waals surface area contributed by atoms with Crippen molar-refractivity contribution in [2.45, 2.75) is 4.90 Å². The van der Waals surface area contributed by atoms with Crippen molar-refractivity contribution in [1.29, 1.82) is 5.41 Å². The van der Waals surface area contributed by atoms with Crippen LogP contribution in [0.15, 0.2) is 4.90 Å². The van der Waals surface area contributed by atoms with E-state index in [-0.39, 0.29) is 22.3 Å². The zero-order chi connectivity index (χ0) is 12.0. The lowest BCUT2D eigenvalue weighted by atomic mass is 10.1. The third-order valence-electron chi connectivity index (χ3n) is 2.40. The first-order valence-corrected chi connectivity index (χ1v) is 6.70. The monoisotopic (exact) mass is 296 g/mol. The Morgan fingerprint density at radius 1 is 1.25 bits per heavy atom. The fourth-order valence-corrected chi connectivity index (χ4v) is 3.62. The van der Waals surface area contributed by atoms with Crippen molar-refractivity contribution in [3.63, 3.8) is 0 Å². The van der Waals surface area contributed by atoms with Crippen LogP contribution in [-0.4, -0.2) is 18.5 Å². The molecule has 3 nitrogen and oxygen atoms in total. The fourth-order valence-electron chi connectivity index (χ4n) is 1.70. The predicted molar refractivity (Wildman–Crippen MR) is 68.9 cm³/mol. The zero-order valence-electron chi connectivity index (χ0n) is 8.16. The lowest BCUT2D eigenvalue weighted by Crippen LogP contribution is -3.01. The van der Waals surface area contributed by atoms with E-state index in [9.17, 15) is 5.21 Å². The molecule has 1 atom stereocenters. The number of hydrogen-bond donors (Lipinski definition) is 2. The van der Waals surface area contributed by atoms with E-state index in [0.29, 0.717) is 26.2 Å². The van der Waals surface area contributed by atoms with Crippen LogP contribution in [0.3, 0.4) is 0 Å². The van der Waals surface area contributed by atoms with Crippen LogP contribution in [0.2, 0.25) is 15.1 Å². The molecular weight excluding hydrogens is 291 g/mol. The quantitative estimate of drug-likeness (QED) is 0.476. The summed E-state index contributed by atoms with van der Waals surface area (Å²) in [5.41, 5.74) is 0.909. The van der Waals surface area contributed by atoms with Gasteiger partial charge in [-0.15, -0.1) is 11.8 Å². The summed E-state index contributed by atoms with van der Waals surface area (Å²) in [5, 5.41) is 20.1. The number of benzene rings is 1. The Bertz CT molecular complexity index is 492. The van der Waals surface area contributed by atoms with E-state index in [2.05, 4.69) is 0 Å². The summed E-state index contributed by atoms with van der Waals surface area (Å²) >= 11 is 19.6. The Morgan fingerprint density at radius 3 is 2.44 bits per heavy atom. The molecule has 0 bridgehead atoms. The molecule has 0 saturated carbocycles. The van der Waals surface area contributed by atoms with Gasteiger partial charge in [-0.3, -0.25) is 5.41 Å². The van der Waals surface area contributed by atoms with E-state index in [1.54, 1.807) is 6.26 Å². The van der Waals surface area contributed by atoms with Crippen LogP contribution >= 0.6 is 46.6 Å². The van der Waals surface area contributed by atoms with Crippen LogP contribution in [0, 0.1) is 10.6 Å². The lowest BCUT2D eigenvalue weighted by molar-refractivity contribution is -0.760. The molecule has 2 N–H and O–H groups in total. The highest BCUT2D eigenvalue weighted by Crippen LogP contribution is 2.45. The van der Waals surface area contributed by atoms with Crippen LogP contribution < -0.4 is 5.06 Å². The van der Waals surface area contributed by atoms with Crippen LogP contribution in [0.25, 0.3) is 0 Å². The molecule has 0 radical (unpaired) electrons. The number of quaternary nitrogens is 1. The summed E-state index contributed by atoms with van der Waals surface area (Å²) in [6.45, 7) is 0.0446. The second kappa shape index (κ2) is 4.37. The number of nitrogens with one attached hydrogen (secondary N) is 2. The van der Waals surface area contributed by atoms with Gasteiger partial charge in [0.2, 0.25) is 0 Å². The molecular formula is C9H7Cl3N2OS. The molecule has 1 heterocycles. The van der Waals surface area contributed by atoms with Crippen molar-refractivity contribution < 1.29 is 5.06 Å². The molecule has 0 saturated heterocycles. The van der Waals surface area contributed by atoms with Gasteiger partial charge in [-0.25, -0.2) is 0 Å². The number of halogens is 3. The van der Waals surface area contributed by atoms with Gasteiger partial charge in [0, 0.05) is 0 Å². The molecule has 0 spiro atoms. The van der Waals surface area contributed by atoms with E-state index in [0.717, 1.165) is 0 Å². The predicted octanol–water partition coefficient (Wildman–Crippen LogP) is 2.76. The molecule has 2 rings (SSSR count). The molecule has 1 aliphatic heterocycles. The van der Waals surface area contributed by atoms with E-state index in [1.807, 2.05) is 0 Å². The zero-order valence-corrected chi connectivity index (χ0v) is 11.2. The van der Waals surface area contributed by atoms with Gasteiger partial charge in [-0.1, -0.05) is 34.8 Å². The Morgan fingerprint density at radius 2 is 1.88 bits per heavy atom. The average Bonchev–Trinajstić information content (AvgIpc) is 2.52. The largest absolute Gasteiger partial charge is 0.629 e. The number of rotatable bonds is 1. The van der Waals surface area contributed by atoms with Gasteiger partial charge in [0.05, 0.1) is 20.5 Å². The van der Waals surface area contributed by atoms with Crippen molar-refractivity contribution >= 4 is 58.0 Å². The first kappa shape index (κ1) is 12.5. The van der Waals surface area contributed by atoms with Crippen LogP contribution in [0.1, 0.15) is 5.56 Å². The van der Waals surface area contributed by atoms with Gasteiger partial charge < -0.3 is 10.3 Å². The third kappa shape index (κ3) is 1.65. The molecule has 86 valence electrons. The topological polar surface area (TPSA) is 51.4 Å². The Balaban J connectivity index is 2.83. The van der Waals surface area contributed by atoms with Gasteiger partial charge in [0.15, 0.2) is 5.69 Å². The average molecular weight is 298 g/mol. The van der Waals surface area contributed by atoms with Crippen molar-refractivity contribution in [1.82, 2.24) is 0 Å². The maximum atomic E-state index is 11.7. The number of hydroxylamine groups is 1. The number of thioether (sulfide) groups is 1. The Hall–Kier alpha value is 0.0300. The van der Waals surface area contributed by atoms with Crippen molar-refractivity contribution in [3.8, 4) is 0 Å². The van der Waals surface area contributed by atoms with Gasteiger partial charge in [0.25, 0.3) is 0 Å². The van der Waals surface area contributed by atoms with Crippen molar-refractivity contribution in [2.24, 2.45) is 0 Å². The second-order valence-corrected chi connectivity index (χ2v) is 5.25. The molecule has 0 amide bonds. The Labute approximate surface area is 112 Å². The highest BCUT2D eigenvalue weighted by atomic mass is 35.5. The molecule has 7 heteroatoms. The van der Waals surface area contributed by atoms with Crippen LogP contribution in [-0.2, 0) is 0 Å². The summed E-state index contributed by atoms with van der Waals surface area (Å²) in [4.78, 5) is 0.593.